The quantitative estimate of drug-likeness (QED) is 0.855. The van der Waals surface area contributed by atoms with Gasteiger partial charge in [0.1, 0.15) is 10.6 Å². The van der Waals surface area contributed by atoms with Crippen molar-refractivity contribution >= 4 is 21.9 Å². The van der Waals surface area contributed by atoms with Gasteiger partial charge < -0.3 is 9.67 Å². The van der Waals surface area contributed by atoms with E-state index in [1.54, 1.807) is 6.07 Å². The van der Waals surface area contributed by atoms with Crippen LogP contribution >= 0.6 is 0 Å². The van der Waals surface area contributed by atoms with Gasteiger partial charge in [0.15, 0.2) is 0 Å². The molecule has 1 fully saturated rings. The monoisotopic (exact) mass is 308 g/mol. The number of sulfonamides is 1. The van der Waals surface area contributed by atoms with Crippen LogP contribution in [0.15, 0.2) is 35.6 Å². The van der Waals surface area contributed by atoms with E-state index >= 15 is 0 Å². The molecule has 110 valence electrons. The molecule has 2 N–H and O–H groups in total. The van der Waals surface area contributed by atoms with Crippen LogP contribution in [0.4, 0.5) is 5.95 Å². The van der Waals surface area contributed by atoms with Crippen LogP contribution in [0.2, 0.25) is 0 Å². The molecular formula is C12H12N4O4S. The minimum absolute atomic E-state index is 0.0353. The molecule has 2 aromatic heterocycles. The van der Waals surface area contributed by atoms with Crippen LogP contribution < -0.4 is 4.72 Å². The van der Waals surface area contributed by atoms with Gasteiger partial charge in [-0.1, -0.05) is 0 Å². The fourth-order valence-corrected chi connectivity index (χ4v) is 2.94. The fourth-order valence-electron chi connectivity index (χ4n) is 1.96. The van der Waals surface area contributed by atoms with Crippen molar-refractivity contribution in [2.24, 2.45) is 0 Å². The summed E-state index contributed by atoms with van der Waals surface area (Å²) in [6.07, 6.45) is 5.85. The number of aromatic carboxylic acids is 1. The number of hydrogen-bond donors (Lipinski definition) is 2. The molecule has 0 aromatic carbocycles. The van der Waals surface area contributed by atoms with Gasteiger partial charge in [0.25, 0.3) is 10.0 Å². The average Bonchev–Trinajstić information content (AvgIpc) is 3.17. The Morgan fingerprint density at radius 1 is 1.33 bits per heavy atom. The number of carbonyl (C=O) groups is 1. The molecule has 0 amide bonds. The molecule has 21 heavy (non-hydrogen) atoms. The van der Waals surface area contributed by atoms with Crippen molar-refractivity contribution in [1.29, 1.82) is 0 Å². The van der Waals surface area contributed by atoms with Crippen molar-refractivity contribution in [3.05, 3.63) is 36.4 Å². The second-order valence-corrected chi connectivity index (χ2v) is 6.36. The van der Waals surface area contributed by atoms with E-state index in [9.17, 15) is 13.2 Å². The largest absolute Gasteiger partial charge is 0.477 e. The van der Waals surface area contributed by atoms with Crippen LogP contribution in [0.3, 0.4) is 0 Å². The average molecular weight is 308 g/mol. The number of carboxylic acids is 1. The molecule has 9 heteroatoms. The van der Waals surface area contributed by atoms with E-state index in [1.807, 2.05) is 0 Å². The first-order chi connectivity index (χ1) is 9.97. The number of hydrogen-bond acceptors (Lipinski definition) is 5. The Morgan fingerprint density at radius 2 is 2.00 bits per heavy atom. The fraction of sp³-hybridized carbons (Fsp3) is 0.250. The molecule has 0 atom stereocenters. The molecule has 0 spiro atoms. The number of carboxylic acid groups (broad SMARTS) is 1. The summed E-state index contributed by atoms with van der Waals surface area (Å²) in [4.78, 5) is 18.6. The maximum atomic E-state index is 12.2. The molecule has 1 aliphatic carbocycles. The van der Waals surface area contributed by atoms with Gasteiger partial charge in [-0.25, -0.2) is 27.9 Å². The molecule has 8 nitrogen and oxygen atoms in total. The van der Waals surface area contributed by atoms with E-state index in [4.69, 9.17) is 5.11 Å². The van der Waals surface area contributed by atoms with Gasteiger partial charge in [-0.15, -0.1) is 0 Å². The molecular weight excluding hydrogens is 296 g/mol. The standard InChI is InChI=1S/C12H12N4O4S/c17-11(18)10-6-9(7-16(10)8-2-3-8)21(19,20)15-12-13-4-1-5-14-12/h1,4-8H,2-3H2,(H,17,18)(H,13,14,15). The SMILES string of the molecule is O=C(O)c1cc(S(=O)(=O)Nc2ncccn2)cn1C1CC1. The van der Waals surface area contributed by atoms with Gasteiger partial charge in [-0.2, -0.15) is 0 Å². The Kier molecular flexibility index (Phi) is 3.13. The maximum absolute atomic E-state index is 12.2. The number of anilines is 1. The topological polar surface area (TPSA) is 114 Å². The van der Waals surface area contributed by atoms with E-state index < -0.39 is 16.0 Å². The zero-order valence-electron chi connectivity index (χ0n) is 10.8. The van der Waals surface area contributed by atoms with Crippen LogP contribution in [0.1, 0.15) is 29.4 Å². The van der Waals surface area contributed by atoms with Crippen molar-refractivity contribution in [3.63, 3.8) is 0 Å². The smallest absolute Gasteiger partial charge is 0.352 e. The van der Waals surface area contributed by atoms with E-state index in [-0.39, 0.29) is 22.6 Å². The minimum Gasteiger partial charge on any atom is -0.477 e. The number of aromatic nitrogens is 3. The van der Waals surface area contributed by atoms with Crippen molar-refractivity contribution in [2.45, 2.75) is 23.8 Å². The summed E-state index contributed by atoms with van der Waals surface area (Å²) in [6, 6.07) is 2.77. The van der Waals surface area contributed by atoms with Gasteiger partial charge in [0.05, 0.1) is 0 Å². The molecule has 1 saturated carbocycles. The molecule has 2 heterocycles. The third kappa shape index (κ3) is 2.72. The maximum Gasteiger partial charge on any atom is 0.352 e. The van der Waals surface area contributed by atoms with Crippen molar-refractivity contribution in [1.82, 2.24) is 14.5 Å². The second-order valence-electron chi connectivity index (χ2n) is 4.68. The van der Waals surface area contributed by atoms with Crippen molar-refractivity contribution in [3.8, 4) is 0 Å². The lowest BCUT2D eigenvalue weighted by Crippen LogP contribution is -2.14. The zero-order valence-corrected chi connectivity index (χ0v) is 11.6. The van der Waals surface area contributed by atoms with Crippen molar-refractivity contribution < 1.29 is 18.3 Å². The van der Waals surface area contributed by atoms with Gasteiger partial charge in [-0.05, 0) is 25.0 Å². The Labute approximate surface area is 120 Å². The van der Waals surface area contributed by atoms with Crippen LogP contribution in [0, 0.1) is 0 Å². The highest BCUT2D eigenvalue weighted by Crippen LogP contribution is 2.37. The number of nitrogens with zero attached hydrogens (tertiary/aromatic N) is 3. The van der Waals surface area contributed by atoms with E-state index in [1.165, 1.54) is 23.2 Å². The van der Waals surface area contributed by atoms with Crippen molar-refractivity contribution in [2.75, 3.05) is 4.72 Å². The first-order valence-electron chi connectivity index (χ1n) is 6.22. The lowest BCUT2D eigenvalue weighted by atomic mass is 10.4. The molecule has 0 bridgehead atoms. The second kappa shape index (κ2) is 4.85. The first kappa shape index (κ1) is 13.6. The van der Waals surface area contributed by atoms with Crippen LogP contribution in [0.25, 0.3) is 0 Å². The van der Waals surface area contributed by atoms with Crippen LogP contribution in [-0.4, -0.2) is 34.0 Å². The molecule has 2 aromatic rings. The highest BCUT2D eigenvalue weighted by Gasteiger charge is 2.30. The normalized spacial score (nSPS) is 14.9. The summed E-state index contributed by atoms with van der Waals surface area (Å²) in [5.74, 6) is -1.21. The summed E-state index contributed by atoms with van der Waals surface area (Å²) in [5, 5.41) is 9.15. The predicted molar refractivity (Wildman–Crippen MR) is 72.5 cm³/mol. The molecule has 1 aliphatic rings. The van der Waals surface area contributed by atoms with Gasteiger partial charge >= 0.3 is 5.97 Å². The van der Waals surface area contributed by atoms with Gasteiger partial charge in [0, 0.05) is 24.6 Å². The summed E-state index contributed by atoms with van der Waals surface area (Å²) < 4.78 is 28.2. The number of nitrogens with one attached hydrogen (secondary N) is 1. The van der Waals surface area contributed by atoms with E-state index in [2.05, 4.69) is 14.7 Å². The van der Waals surface area contributed by atoms with Crippen LogP contribution in [0.5, 0.6) is 0 Å². The molecule has 0 radical (unpaired) electrons. The van der Waals surface area contributed by atoms with E-state index in [0.717, 1.165) is 18.9 Å². The third-order valence-corrected chi connectivity index (χ3v) is 4.38. The summed E-state index contributed by atoms with van der Waals surface area (Å²) in [5.41, 5.74) is -0.0353. The molecule has 0 unspecified atom stereocenters. The first-order valence-corrected chi connectivity index (χ1v) is 7.71. The zero-order chi connectivity index (χ0) is 15.0. The molecule has 0 saturated heterocycles. The van der Waals surface area contributed by atoms with Gasteiger partial charge in [-0.3, -0.25) is 0 Å². The van der Waals surface area contributed by atoms with Crippen LogP contribution in [-0.2, 0) is 10.0 Å². The molecule has 0 aliphatic heterocycles. The van der Waals surface area contributed by atoms with Gasteiger partial charge in [0.2, 0.25) is 5.95 Å². The summed E-state index contributed by atoms with van der Waals surface area (Å²) in [6.45, 7) is 0. The predicted octanol–water partition coefficient (Wildman–Crippen LogP) is 1.11. The Balaban J connectivity index is 1.95. The Bertz CT molecular complexity index is 781. The highest BCUT2D eigenvalue weighted by molar-refractivity contribution is 7.92. The summed E-state index contributed by atoms with van der Waals surface area (Å²) in [7, 11) is -3.91. The summed E-state index contributed by atoms with van der Waals surface area (Å²) >= 11 is 0. The Morgan fingerprint density at radius 3 is 2.57 bits per heavy atom. The molecule has 3 rings (SSSR count). The van der Waals surface area contributed by atoms with E-state index in [0.29, 0.717) is 0 Å². The lowest BCUT2D eigenvalue weighted by Gasteiger charge is -2.04. The Hall–Kier alpha value is -2.42. The highest BCUT2D eigenvalue weighted by atomic mass is 32.2. The number of rotatable bonds is 5. The third-order valence-electron chi connectivity index (χ3n) is 3.08. The lowest BCUT2D eigenvalue weighted by molar-refractivity contribution is 0.0685. The minimum atomic E-state index is -3.91.